The molecule has 1 saturated heterocycles. The Hall–Kier alpha value is -1.67. The molecule has 1 aromatic rings. The molecule has 25 heavy (non-hydrogen) atoms. The van der Waals surface area contributed by atoms with Gasteiger partial charge in [-0.2, -0.15) is 0 Å². The lowest BCUT2D eigenvalue weighted by molar-refractivity contribution is -0.127. The molecule has 1 heterocycles. The first-order chi connectivity index (χ1) is 12.1. The Balaban J connectivity index is 1.76. The van der Waals surface area contributed by atoms with Crippen LogP contribution in [0.5, 0.6) is 0 Å². The topological polar surface area (TPSA) is 84.5 Å². The number of carbonyl (C=O) groups excluding carboxylic acids is 3. The Morgan fingerprint density at radius 1 is 1.08 bits per heavy atom. The smallest absolute Gasteiger partial charge is 0.338 e. The van der Waals surface area contributed by atoms with Crippen LogP contribution in [0.4, 0.5) is 0 Å². The fraction of sp³-hybridized carbons (Fsp3) is 0.471. The molecule has 1 aliphatic heterocycles. The largest absolute Gasteiger partial charge is 0.452 e. The van der Waals surface area contributed by atoms with E-state index in [-0.39, 0.29) is 12.5 Å². The SMILES string of the molecule is CCNC(=O)CNC(=O)COC(=O)c1ccc(C2SCCCS2)cc1. The van der Waals surface area contributed by atoms with Gasteiger partial charge in [0.25, 0.3) is 5.91 Å². The summed E-state index contributed by atoms with van der Waals surface area (Å²) in [5.74, 6) is 0.978. The van der Waals surface area contributed by atoms with E-state index in [1.807, 2.05) is 35.7 Å². The predicted octanol–water partition coefficient (Wildman–Crippen LogP) is 1.96. The van der Waals surface area contributed by atoms with Crippen molar-refractivity contribution in [3.63, 3.8) is 0 Å². The first-order valence-corrected chi connectivity index (χ1v) is 10.2. The van der Waals surface area contributed by atoms with Gasteiger partial charge < -0.3 is 15.4 Å². The van der Waals surface area contributed by atoms with Crippen LogP contribution in [0, 0.1) is 0 Å². The number of hydrogen-bond acceptors (Lipinski definition) is 6. The van der Waals surface area contributed by atoms with Crippen LogP contribution in [-0.4, -0.2) is 49.0 Å². The minimum absolute atomic E-state index is 0.129. The fourth-order valence-corrected chi connectivity index (χ4v) is 5.05. The Bertz CT molecular complexity index is 601. The number of esters is 1. The molecule has 0 atom stereocenters. The summed E-state index contributed by atoms with van der Waals surface area (Å²) in [6, 6.07) is 7.31. The Morgan fingerprint density at radius 3 is 2.40 bits per heavy atom. The van der Waals surface area contributed by atoms with Crippen molar-refractivity contribution in [3.05, 3.63) is 35.4 Å². The highest BCUT2D eigenvalue weighted by Crippen LogP contribution is 2.43. The Labute approximate surface area is 155 Å². The van der Waals surface area contributed by atoms with E-state index in [0.29, 0.717) is 16.7 Å². The summed E-state index contributed by atoms with van der Waals surface area (Å²) in [5, 5.41) is 4.95. The van der Waals surface area contributed by atoms with Crippen LogP contribution in [0.1, 0.15) is 33.8 Å². The van der Waals surface area contributed by atoms with E-state index in [0.717, 1.165) is 11.5 Å². The first kappa shape index (κ1) is 19.7. The molecular weight excluding hydrogens is 360 g/mol. The van der Waals surface area contributed by atoms with Gasteiger partial charge in [0.2, 0.25) is 5.91 Å². The van der Waals surface area contributed by atoms with E-state index >= 15 is 0 Å². The molecule has 1 fully saturated rings. The molecular formula is C17H22N2O4S2. The maximum atomic E-state index is 12.0. The van der Waals surface area contributed by atoms with Crippen molar-refractivity contribution in [3.8, 4) is 0 Å². The van der Waals surface area contributed by atoms with Gasteiger partial charge in [0.05, 0.1) is 16.7 Å². The summed E-state index contributed by atoms with van der Waals surface area (Å²) in [6.07, 6.45) is 1.23. The predicted molar refractivity (Wildman–Crippen MR) is 101 cm³/mol. The van der Waals surface area contributed by atoms with Gasteiger partial charge >= 0.3 is 5.97 Å². The Kier molecular flexibility index (Phi) is 8.14. The summed E-state index contributed by atoms with van der Waals surface area (Å²) in [5.41, 5.74) is 1.59. The highest BCUT2D eigenvalue weighted by atomic mass is 32.2. The van der Waals surface area contributed by atoms with Gasteiger partial charge in [-0.15, -0.1) is 23.5 Å². The molecule has 0 unspecified atom stereocenters. The fourth-order valence-electron chi connectivity index (χ4n) is 2.16. The van der Waals surface area contributed by atoms with Crippen LogP contribution >= 0.6 is 23.5 Å². The second-order valence-electron chi connectivity index (χ2n) is 5.36. The van der Waals surface area contributed by atoms with Gasteiger partial charge in [-0.1, -0.05) is 12.1 Å². The monoisotopic (exact) mass is 382 g/mol. The molecule has 0 aromatic heterocycles. The molecule has 6 nitrogen and oxygen atoms in total. The van der Waals surface area contributed by atoms with Crippen LogP contribution in [0.3, 0.4) is 0 Å². The number of carbonyl (C=O) groups is 3. The van der Waals surface area contributed by atoms with Crippen molar-refractivity contribution in [2.24, 2.45) is 0 Å². The molecule has 8 heteroatoms. The van der Waals surface area contributed by atoms with E-state index in [1.165, 1.54) is 12.0 Å². The number of nitrogens with one attached hydrogen (secondary N) is 2. The lowest BCUT2D eigenvalue weighted by Gasteiger charge is -2.21. The molecule has 1 aliphatic rings. The average Bonchev–Trinajstić information content (AvgIpc) is 2.65. The molecule has 0 bridgehead atoms. The summed E-state index contributed by atoms with van der Waals surface area (Å²) >= 11 is 3.83. The quantitative estimate of drug-likeness (QED) is 0.702. The zero-order valence-electron chi connectivity index (χ0n) is 14.1. The molecule has 0 radical (unpaired) electrons. The van der Waals surface area contributed by atoms with Crippen molar-refractivity contribution in [1.29, 1.82) is 0 Å². The van der Waals surface area contributed by atoms with E-state index in [9.17, 15) is 14.4 Å². The molecule has 2 amide bonds. The van der Waals surface area contributed by atoms with Gasteiger partial charge in [-0.05, 0) is 42.5 Å². The van der Waals surface area contributed by atoms with Gasteiger partial charge in [0.15, 0.2) is 6.61 Å². The molecule has 1 aromatic carbocycles. The van der Waals surface area contributed by atoms with Crippen molar-refractivity contribution < 1.29 is 19.1 Å². The van der Waals surface area contributed by atoms with Crippen LogP contribution < -0.4 is 10.6 Å². The lowest BCUT2D eigenvalue weighted by Crippen LogP contribution is -2.38. The second-order valence-corrected chi connectivity index (χ2v) is 8.08. The molecule has 136 valence electrons. The van der Waals surface area contributed by atoms with Crippen molar-refractivity contribution in [2.45, 2.75) is 17.9 Å². The summed E-state index contributed by atoms with van der Waals surface area (Å²) in [6.45, 7) is 1.75. The number of ether oxygens (including phenoxy) is 1. The number of thioether (sulfide) groups is 2. The molecule has 0 spiro atoms. The number of rotatable bonds is 7. The van der Waals surface area contributed by atoms with Gasteiger partial charge in [0, 0.05) is 6.54 Å². The molecule has 2 rings (SSSR count). The zero-order chi connectivity index (χ0) is 18.1. The third-order valence-electron chi connectivity index (χ3n) is 3.40. The average molecular weight is 383 g/mol. The second kappa shape index (κ2) is 10.4. The highest BCUT2D eigenvalue weighted by molar-refractivity contribution is 8.16. The number of hydrogen-bond donors (Lipinski definition) is 2. The van der Waals surface area contributed by atoms with E-state index in [4.69, 9.17) is 4.74 Å². The third kappa shape index (κ3) is 6.62. The first-order valence-electron chi connectivity index (χ1n) is 8.14. The van der Waals surface area contributed by atoms with Crippen molar-refractivity contribution >= 4 is 41.3 Å². The van der Waals surface area contributed by atoms with Crippen molar-refractivity contribution in [1.82, 2.24) is 10.6 Å². The molecule has 0 aliphatic carbocycles. The zero-order valence-corrected chi connectivity index (χ0v) is 15.7. The number of amides is 2. The van der Waals surface area contributed by atoms with E-state index in [2.05, 4.69) is 10.6 Å². The summed E-state index contributed by atoms with van der Waals surface area (Å²) < 4.78 is 5.39. The van der Waals surface area contributed by atoms with Crippen LogP contribution in [0.2, 0.25) is 0 Å². The van der Waals surface area contributed by atoms with E-state index < -0.39 is 18.5 Å². The van der Waals surface area contributed by atoms with Crippen molar-refractivity contribution in [2.75, 3.05) is 31.2 Å². The highest BCUT2D eigenvalue weighted by Gasteiger charge is 2.17. The number of likely N-dealkylation sites (N-methyl/N-ethyl adjacent to an activating group) is 1. The maximum absolute atomic E-state index is 12.0. The Morgan fingerprint density at radius 2 is 1.76 bits per heavy atom. The minimum atomic E-state index is -0.552. The summed E-state index contributed by atoms with van der Waals surface area (Å²) in [4.78, 5) is 34.8. The standard InChI is InChI=1S/C17H22N2O4S2/c1-2-18-14(20)10-19-15(21)11-23-16(22)12-4-6-13(7-5-12)17-24-8-3-9-25-17/h4-7,17H,2-3,8-11H2,1H3,(H,18,20)(H,19,21). The van der Waals surface area contributed by atoms with Gasteiger partial charge in [-0.25, -0.2) is 4.79 Å². The van der Waals surface area contributed by atoms with Gasteiger partial charge in [0.1, 0.15) is 0 Å². The van der Waals surface area contributed by atoms with Crippen LogP contribution in [0.15, 0.2) is 24.3 Å². The third-order valence-corrected chi connectivity index (χ3v) is 6.42. The van der Waals surface area contributed by atoms with Gasteiger partial charge in [-0.3, -0.25) is 9.59 Å². The molecule has 2 N–H and O–H groups in total. The van der Waals surface area contributed by atoms with Crippen LogP contribution in [0.25, 0.3) is 0 Å². The minimum Gasteiger partial charge on any atom is -0.452 e. The summed E-state index contributed by atoms with van der Waals surface area (Å²) in [7, 11) is 0. The van der Waals surface area contributed by atoms with Crippen LogP contribution in [-0.2, 0) is 14.3 Å². The normalized spacial score (nSPS) is 14.6. The van der Waals surface area contributed by atoms with E-state index in [1.54, 1.807) is 19.1 Å². The maximum Gasteiger partial charge on any atom is 0.338 e. The molecule has 0 saturated carbocycles. The lowest BCUT2D eigenvalue weighted by atomic mass is 10.1. The number of benzene rings is 1.